The van der Waals surface area contributed by atoms with Crippen molar-refractivity contribution in [3.05, 3.63) is 55.2 Å². The van der Waals surface area contributed by atoms with E-state index in [9.17, 15) is 0 Å². The van der Waals surface area contributed by atoms with E-state index in [-0.39, 0.29) is 6.04 Å². The Morgan fingerprint density at radius 3 is 2.37 bits per heavy atom. The Kier molecular flexibility index (Phi) is 5.55. The van der Waals surface area contributed by atoms with Gasteiger partial charge >= 0.3 is 0 Å². The van der Waals surface area contributed by atoms with Gasteiger partial charge in [0.05, 0.1) is 8.67 Å². The fourth-order valence-electron chi connectivity index (χ4n) is 1.99. The second kappa shape index (κ2) is 6.96. The van der Waals surface area contributed by atoms with Crippen molar-refractivity contribution in [2.75, 3.05) is 6.54 Å². The Labute approximate surface area is 132 Å². The third-order valence-corrected chi connectivity index (χ3v) is 4.63. The summed E-state index contributed by atoms with van der Waals surface area (Å²) < 4.78 is 1.48. The smallest absolute Gasteiger partial charge is 0.0992 e. The molecular formula is C14H14Cl3NS. The molecule has 2 rings (SSSR count). The molecule has 0 aliphatic carbocycles. The molecule has 1 atom stereocenters. The third kappa shape index (κ3) is 4.11. The summed E-state index contributed by atoms with van der Waals surface area (Å²) in [4.78, 5) is 0. The van der Waals surface area contributed by atoms with Gasteiger partial charge in [-0.3, -0.25) is 0 Å². The summed E-state index contributed by atoms with van der Waals surface area (Å²) in [5.74, 6) is 0. The van der Waals surface area contributed by atoms with E-state index < -0.39 is 0 Å². The Bertz CT molecular complexity index is 536. The highest BCUT2D eigenvalue weighted by molar-refractivity contribution is 7.20. The zero-order chi connectivity index (χ0) is 13.8. The topological polar surface area (TPSA) is 12.0 Å². The molecule has 0 aliphatic rings. The lowest BCUT2D eigenvalue weighted by molar-refractivity contribution is 0.551. The summed E-state index contributed by atoms with van der Waals surface area (Å²) in [6.45, 7) is 2.96. The zero-order valence-electron chi connectivity index (χ0n) is 10.4. The van der Waals surface area contributed by atoms with Crippen LogP contribution < -0.4 is 5.32 Å². The normalized spacial score (nSPS) is 12.6. The maximum Gasteiger partial charge on any atom is 0.0992 e. The van der Waals surface area contributed by atoms with Crippen LogP contribution in [0.2, 0.25) is 13.7 Å². The van der Waals surface area contributed by atoms with Crippen molar-refractivity contribution in [1.82, 2.24) is 5.32 Å². The number of rotatable bonds is 5. The minimum Gasteiger partial charge on any atom is -0.310 e. The van der Waals surface area contributed by atoms with Crippen LogP contribution in [0.4, 0.5) is 0 Å². The molecule has 1 heterocycles. The fraction of sp³-hybridized carbons (Fsp3) is 0.286. The van der Waals surface area contributed by atoms with Crippen LogP contribution in [0.1, 0.15) is 24.1 Å². The van der Waals surface area contributed by atoms with Gasteiger partial charge in [-0.1, -0.05) is 53.9 Å². The van der Waals surface area contributed by atoms with Gasteiger partial charge in [-0.25, -0.2) is 0 Å². The van der Waals surface area contributed by atoms with Gasteiger partial charge in [0.25, 0.3) is 0 Å². The molecule has 102 valence electrons. The Hall–Kier alpha value is -0.250. The van der Waals surface area contributed by atoms with E-state index in [1.807, 2.05) is 30.3 Å². The maximum atomic E-state index is 6.24. The van der Waals surface area contributed by atoms with E-state index in [0.717, 1.165) is 32.2 Å². The Balaban J connectivity index is 2.20. The molecule has 0 aliphatic heterocycles. The molecule has 1 N–H and O–H groups in total. The molecule has 2 aromatic rings. The van der Waals surface area contributed by atoms with E-state index >= 15 is 0 Å². The minimum absolute atomic E-state index is 0.169. The number of halogens is 3. The van der Waals surface area contributed by atoms with E-state index in [1.54, 1.807) is 0 Å². The highest BCUT2D eigenvalue weighted by Crippen LogP contribution is 2.36. The first-order valence-corrected chi connectivity index (χ1v) is 7.97. The van der Waals surface area contributed by atoms with Crippen molar-refractivity contribution >= 4 is 46.1 Å². The lowest BCUT2D eigenvalue weighted by Gasteiger charge is -2.17. The van der Waals surface area contributed by atoms with E-state index in [0.29, 0.717) is 0 Å². The molecule has 1 aromatic carbocycles. The van der Waals surface area contributed by atoms with Gasteiger partial charge in [0.1, 0.15) is 0 Å². The fourth-order valence-corrected chi connectivity index (χ4v) is 3.69. The summed E-state index contributed by atoms with van der Waals surface area (Å²) in [7, 11) is 0. The Morgan fingerprint density at radius 1 is 1.16 bits per heavy atom. The van der Waals surface area contributed by atoms with E-state index in [2.05, 4.69) is 12.2 Å². The van der Waals surface area contributed by atoms with Crippen LogP contribution in [-0.4, -0.2) is 6.54 Å². The molecule has 0 saturated heterocycles. The molecular weight excluding hydrogens is 321 g/mol. The largest absolute Gasteiger partial charge is 0.310 e. The van der Waals surface area contributed by atoms with Crippen LogP contribution in [0.15, 0.2) is 30.3 Å². The third-order valence-electron chi connectivity index (χ3n) is 2.86. The van der Waals surface area contributed by atoms with Gasteiger partial charge in [0.2, 0.25) is 0 Å². The second-order valence-electron chi connectivity index (χ2n) is 4.22. The number of hydrogen-bond donors (Lipinski definition) is 1. The number of likely N-dealkylation sites (N-methyl/N-ethyl adjacent to an activating group) is 1. The minimum atomic E-state index is 0.169. The van der Waals surface area contributed by atoms with Crippen molar-refractivity contribution in [3.8, 4) is 0 Å². The summed E-state index contributed by atoms with van der Waals surface area (Å²) in [6, 6.07) is 9.99. The van der Waals surface area contributed by atoms with Gasteiger partial charge in [0, 0.05) is 16.6 Å². The number of hydrogen-bond acceptors (Lipinski definition) is 2. The second-order valence-corrected chi connectivity index (χ2v) is 6.94. The Morgan fingerprint density at radius 2 is 1.84 bits per heavy atom. The molecule has 1 aromatic heterocycles. The van der Waals surface area contributed by atoms with Gasteiger partial charge in [-0.2, -0.15) is 0 Å². The standard InChI is InChI=1S/C14H14Cl3NS/c1-2-18-12(11-8-13(16)19-14(11)17)7-9-3-5-10(15)6-4-9/h3-6,8,12,18H,2,7H2,1H3. The average Bonchev–Trinajstić information content (AvgIpc) is 2.71. The predicted octanol–water partition coefficient (Wildman–Crippen LogP) is 5.60. The van der Waals surface area contributed by atoms with Crippen LogP contribution in [-0.2, 0) is 6.42 Å². The van der Waals surface area contributed by atoms with Crippen LogP contribution in [0.25, 0.3) is 0 Å². The van der Waals surface area contributed by atoms with E-state index in [4.69, 9.17) is 34.8 Å². The van der Waals surface area contributed by atoms with Gasteiger partial charge in [-0.15, -0.1) is 11.3 Å². The molecule has 1 unspecified atom stereocenters. The van der Waals surface area contributed by atoms with Crippen LogP contribution in [0.3, 0.4) is 0 Å². The molecule has 0 radical (unpaired) electrons. The monoisotopic (exact) mass is 333 g/mol. The van der Waals surface area contributed by atoms with Crippen LogP contribution >= 0.6 is 46.1 Å². The predicted molar refractivity (Wildman–Crippen MR) is 85.9 cm³/mol. The van der Waals surface area contributed by atoms with Crippen molar-refractivity contribution < 1.29 is 0 Å². The first-order valence-electron chi connectivity index (χ1n) is 6.02. The van der Waals surface area contributed by atoms with Gasteiger partial charge < -0.3 is 5.32 Å². The van der Waals surface area contributed by atoms with Crippen LogP contribution in [0, 0.1) is 0 Å². The van der Waals surface area contributed by atoms with Gasteiger partial charge in [0.15, 0.2) is 0 Å². The molecule has 19 heavy (non-hydrogen) atoms. The molecule has 0 fully saturated rings. The van der Waals surface area contributed by atoms with Crippen molar-refractivity contribution in [3.63, 3.8) is 0 Å². The van der Waals surface area contributed by atoms with Crippen LogP contribution in [0.5, 0.6) is 0 Å². The van der Waals surface area contributed by atoms with Gasteiger partial charge in [-0.05, 0) is 36.7 Å². The summed E-state index contributed by atoms with van der Waals surface area (Å²) >= 11 is 19.6. The summed E-state index contributed by atoms with van der Waals surface area (Å²) in [5, 5.41) is 4.20. The van der Waals surface area contributed by atoms with E-state index in [1.165, 1.54) is 16.9 Å². The van der Waals surface area contributed by atoms with Crippen molar-refractivity contribution in [1.29, 1.82) is 0 Å². The molecule has 0 saturated carbocycles. The molecule has 0 amide bonds. The molecule has 1 nitrogen and oxygen atoms in total. The molecule has 5 heteroatoms. The number of thiophene rings is 1. The lowest BCUT2D eigenvalue weighted by atomic mass is 10.0. The SMILES string of the molecule is CCNC(Cc1ccc(Cl)cc1)c1cc(Cl)sc1Cl. The average molecular weight is 335 g/mol. The number of nitrogens with one attached hydrogen (secondary N) is 1. The molecule has 0 bridgehead atoms. The zero-order valence-corrected chi connectivity index (χ0v) is 13.5. The highest BCUT2D eigenvalue weighted by Gasteiger charge is 2.17. The summed E-state index contributed by atoms with van der Waals surface area (Å²) in [5.41, 5.74) is 2.28. The first kappa shape index (κ1) is 15.1. The lowest BCUT2D eigenvalue weighted by Crippen LogP contribution is -2.22. The van der Waals surface area contributed by atoms with Crippen molar-refractivity contribution in [2.24, 2.45) is 0 Å². The maximum absolute atomic E-state index is 6.24. The first-order chi connectivity index (χ1) is 9.10. The number of benzene rings is 1. The van der Waals surface area contributed by atoms with Crippen molar-refractivity contribution in [2.45, 2.75) is 19.4 Å². The summed E-state index contributed by atoms with van der Waals surface area (Å²) in [6.07, 6.45) is 0.859. The molecule has 0 spiro atoms. The quantitative estimate of drug-likeness (QED) is 0.750. The highest BCUT2D eigenvalue weighted by atomic mass is 35.5.